The van der Waals surface area contributed by atoms with Crippen LogP contribution in [0, 0.1) is 5.41 Å². The molecule has 4 N–H and O–H groups in total. The molecule has 0 rings (SSSR count). The summed E-state index contributed by atoms with van der Waals surface area (Å²) in [5, 5.41) is 0. The average Bonchev–Trinajstić information content (AvgIpc) is 2.39. The van der Waals surface area contributed by atoms with Crippen LogP contribution in [0.15, 0.2) is 0 Å². The summed E-state index contributed by atoms with van der Waals surface area (Å²) >= 11 is 0. The minimum Gasteiger partial charge on any atom is -0.377 e. The van der Waals surface area contributed by atoms with Crippen molar-refractivity contribution < 1.29 is 13.3 Å². The maximum Gasteiger partial charge on any atom is 0.500 e. The van der Waals surface area contributed by atoms with E-state index in [1.807, 2.05) is 0 Å². The molecular formula is C12H30N2O3Si. The summed E-state index contributed by atoms with van der Waals surface area (Å²) in [5.41, 5.74) is 11.4. The molecule has 0 aromatic rings. The van der Waals surface area contributed by atoms with Crippen LogP contribution in [0.4, 0.5) is 0 Å². The first kappa shape index (κ1) is 18.0. The van der Waals surface area contributed by atoms with Crippen molar-refractivity contribution in [3.8, 4) is 0 Å². The van der Waals surface area contributed by atoms with Crippen LogP contribution in [0.5, 0.6) is 0 Å². The lowest BCUT2D eigenvalue weighted by Crippen LogP contribution is -2.44. The Morgan fingerprint density at radius 2 is 1.67 bits per heavy atom. The van der Waals surface area contributed by atoms with Crippen molar-refractivity contribution in [1.29, 1.82) is 0 Å². The number of rotatable bonds is 11. The molecule has 0 radical (unpaired) electrons. The topological polar surface area (TPSA) is 79.7 Å². The molecule has 0 aliphatic carbocycles. The molecule has 18 heavy (non-hydrogen) atoms. The third kappa shape index (κ3) is 6.82. The monoisotopic (exact) mass is 278 g/mol. The van der Waals surface area contributed by atoms with Gasteiger partial charge < -0.3 is 24.7 Å². The van der Waals surface area contributed by atoms with Crippen molar-refractivity contribution in [1.82, 2.24) is 0 Å². The molecule has 0 aromatic carbocycles. The summed E-state index contributed by atoms with van der Waals surface area (Å²) in [6.07, 6.45) is 2.87. The first-order valence-corrected chi connectivity index (χ1v) is 8.53. The Kier molecular flexibility index (Phi) is 9.01. The number of hydrogen-bond donors (Lipinski definition) is 2. The zero-order valence-electron chi connectivity index (χ0n) is 12.3. The summed E-state index contributed by atoms with van der Waals surface area (Å²) in [7, 11) is 0.816. The van der Waals surface area contributed by atoms with E-state index in [-0.39, 0.29) is 5.41 Å². The molecule has 0 aliphatic rings. The van der Waals surface area contributed by atoms with Crippen molar-refractivity contribution in [3.05, 3.63) is 0 Å². The smallest absolute Gasteiger partial charge is 0.377 e. The maximum atomic E-state index is 5.87. The Hall–Kier alpha value is 0.0169. The van der Waals surface area contributed by atoms with Gasteiger partial charge in [0.2, 0.25) is 0 Å². The zero-order chi connectivity index (χ0) is 14.1. The second-order valence-electron chi connectivity index (χ2n) is 5.30. The van der Waals surface area contributed by atoms with Crippen molar-refractivity contribution in [2.75, 3.05) is 33.9 Å². The zero-order valence-corrected chi connectivity index (χ0v) is 13.3. The highest BCUT2D eigenvalue weighted by Gasteiger charge is 2.38. The van der Waals surface area contributed by atoms with E-state index < -0.39 is 8.80 Å². The van der Waals surface area contributed by atoms with Gasteiger partial charge in [-0.15, -0.1) is 0 Å². The third-order valence-electron chi connectivity index (χ3n) is 3.18. The average molecular weight is 278 g/mol. The summed E-state index contributed by atoms with van der Waals surface area (Å²) in [6, 6.07) is 0.775. The van der Waals surface area contributed by atoms with Gasteiger partial charge in [-0.05, 0) is 37.8 Å². The highest BCUT2D eigenvalue weighted by Crippen LogP contribution is 2.22. The summed E-state index contributed by atoms with van der Waals surface area (Å²) in [4.78, 5) is 0. The summed E-state index contributed by atoms with van der Waals surface area (Å²) in [6.45, 7) is 6.31. The van der Waals surface area contributed by atoms with Crippen LogP contribution in [0.25, 0.3) is 0 Å². The molecule has 0 saturated heterocycles. The van der Waals surface area contributed by atoms with E-state index in [9.17, 15) is 0 Å². The third-order valence-corrected chi connectivity index (χ3v) is 6.04. The lowest BCUT2D eigenvalue weighted by molar-refractivity contribution is 0.0926. The van der Waals surface area contributed by atoms with Gasteiger partial charge in [0, 0.05) is 26.9 Å². The first-order valence-electron chi connectivity index (χ1n) is 6.59. The molecule has 0 amide bonds. The predicted molar refractivity (Wildman–Crippen MR) is 76.3 cm³/mol. The first-order chi connectivity index (χ1) is 8.45. The molecule has 0 unspecified atom stereocenters. The minimum atomic E-state index is -2.48. The van der Waals surface area contributed by atoms with Gasteiger partial charge >= 0.3 is 8.80 Å². The SMILES string of the molecule is CO[Si](CCCN)(OC)OCCCC(C)(C)CN. The van der Waals surface area contributed by atoms with E-state index in [0.29, 0.717) is 19.7 Å². The molecule has 110 valence electrons. The van der Waals surface area contributed by atoms with E-state index in [1.165, 1.54) is 0 Å². The van der Waals surface area contributed by atoms with Gasteiger partial charge in [0.25, 0.3) is 0 Å². The Morgan fingerprint density at radius 3 is 2.11 bits per heavy atom. The lowest BCUT2D eigenvalue weighted by atomic mass is 9.88. The van der Waals surface area contributed by atoms with Crippen molar-refractivity contribution in [2.24, 2.45) is 16.9 Å². The van der Waals surface area contributed by atoms with Crippen LogP contribution >= 0.6 is 0 Å². The van der Waals surface area contributed by atoms with Crippen LogP contribution in [0.3, 0.4) is 0 Å². The number of nitrogens with two attached hydrogens (primary N) is 2. The van der Waals surface area contributed by atoms with E-state index in [2.05, 4.69) is 13.8 Å². The molecular weight excluding hydrogens is 248 g/mol. The molecule has 0 saturated carbocycles. The molecule has 0 atom stereocenters. The molecule has 0 bridgehead atoms. The van der Waals surface area contributed by atoms with Gasteiger partial charge in [-0.3, -0.25) is 0 Å². The van der Waals surface area contributed by atoms with Gasteiger partial charge in [-0.25, -0.2) is 0 Å². The summed E-state index contributed by atoms with van der Waals surface area (Å²) < 4.78 is 16.8. The fourth-order valence-corrected chi connectivity index (χ4v) is 3.72. The van der Waals surface area contributed by atoms with Crippen LogP contribution in [0.1, 0.15) is 33.1 Å². The fraction of sp³-hybridized carbons (Fsp3) is 1.00. The molecule has 0 spiro atoms. The van der Waals surface area contributed by atoms with Crippen LogP contribution in [0.2, 0.25) is 6.04 Å². The van der Waals surface area contributed by atoms with Crippen LogP contribution in [-0.2, 0) is 13.3 Å². The maximum absolute atomic E-state index is 5.87. The van der Waals surface area contributed by atoms with Gasteiger partial charge in [-0.1, -0.05) is 13.8 Å². The number of hydrogen-bond acceptors (Lipinski definition) is 5. The minimum absolute atomic E-state index is 0.172. The molecule has 0 aromatic heterocycles. The van der Waals surface area contributed by atoms with Crippen LogP contribution in [-0.4, -0.2) is 42.7 Å². The van der Waals surface area contributed by atoms with Crippen molar-refractivity contribution in [3.63, 3.8) is 0 Å². The lowest BCUT2D eigenvalue weighted by Gasteiger charge is -2.27. The predicted octanol–water partition coefficient (Wildman–Crippen LogP) is 1.35. The molecule has 0 fully saturated rings. The quantitative estimate of drug-likeness (QED) is 0.440. The van der Waals surface area contributed by atoms with Crippen molar-refractivity contribution >= 4 is 8.80 Å². The molecule has 6 heteroatoms. The second kappa shape index (κ2) is 9.01. The highest BCUT2D eigenvalue weighted by molar-refractivity contribution is 6.60. The van der Waals surface area contributed by atoms with E-state index in [1.54, 1.807) is 14.2 Å². The fourth-order valence-electron chi connectivity index (χ4n) is 1.68. The van der Waals surface area contributed by atoms with Crippen molar-refractivity contribution in [2.45, 2.75) is 39.2 Å². The van der Waals surface area contributed by atoms with E-state index >= 15 is 0 Å². The van der Waals surface area contributed by atoms with Gasteiger partial charge in [-0.2, -0.15) is 0 Å². The van der Waals surface area contributed by atoms with E-state index in [0.717, 1.165) is 25.3 Å². The second-order valence-corrected chi connectivity index (χ2v) is 8.28. The standard InChI is InChI=1S/C12H30N2O3Si/c1-12(2,11-14)7-5-9-17-18(15-3,16-4)10-6-8-13/h5-11,13-14H2,1-4H3. The Labute approximate surface area is 113 Å². The highest BCUT2D eigenvalue weighted by atomic mass is 28.4. The normalized spacial score (nSPS) is 13.0. The Morgan fingerprint density at radius 1 is 1.06 bits per heavy atom. The summed E-state index contributed by atoms with van der Waals surface area (Å²) in [5.74, 6) is 0. The molecule has 5 nitrogen and oxygen atoms in total. The Bertz CT molecular complexity index is 211. The largest absolute Gasteiger partial charge is 0.500 e. The van der Waals surface area contributed by atoms with Crippen LogP contribution < -0.4 is 11.5 Å². The van der Waals surface area contributed by atoms with Gasteiger partial charge in [0.1, 0.15) is 0 Å². The van der Waals surface area contributed by atoms with Gasteiger partial charge in [0.05, 0.1) is 0 Å². The Balaban J connectivity index is 4.04. The van der Waals surface area contributed by atoms with Gasteiger partial charge in [0.15, 0.2) is 0 Å². The molecule has 0 aliphatic heterocycles. The van der Waals surface area contributed by atoms with E-state index in [4.69, 9.17) is 24.7 Å². The molecule has 0 heterocycles.